The van der Waals surface area contributed by atoms with Crippen LogP contribution in [0.1, 0.15) is 24.3 Å². The van der Waals surface area contributed by atoms with Crippen molar-refractivity contribution in [2.24, 2.45) is 5.73 Å². The highest BCUT2D eigenvalue weighted by atomic mass is 16.5. The molecule has 0 radical (unpaired) electrons. The molecule has 6 nitrogen and oxygen atoms in total. The second-order valence-electron chi connectivity index (χ2n) is 4.73. The molecule has 17 heavy (non-hydrogen) atoms. The molecule has 0 fully saturated rings. The van der Waals surface area contributed by atoms with Gasteiger partial charge in [-0.1, -0.05) is 0 Å². The van der Waals surface area contributed by atoms with E-state index in [0.717, 1.165) is 0 Å². The molecule has 0 aliphatic heterocycles. The van der Waals surface area contributed by atoms with E-state index >= 15 is 0 Å². The van der Waals surface area contributed by atoms with E-state index < -0.39 is 5.54 Å². The van der Waals surface area contributed by atoms with E-state index in [4.69, 9.17) is 10.5 Å². The van der Waals surface area contributed by atoms with Gasteiger partial charge >= 0.3 is 0 Å². The predicted octanol–water partition coefficient (Wildman–Crippen LogP) is 0.294. The van der Waals surface area contributed by atoms with E-state index in [1.165, 1.54) is 4.90 Å². The lowest BCUT2D eigenvalue weighted by molar-refractivity contribution is 0.0820. The SMILES string of the molecule is CN(C)C(=O)c1ccc(OCC(C)(C)N)nn1. The Morgan fingerprint density at radius 2 is 2.06 bits per heavy atom. The van der Waals surface area contributed by atoms with Crippen molar-refractivity contribution < 1.29 is 9.53 Å². The van der Waals surface area contributed by atoms with Crippen LogP contribution in [0.4, 0.5) is 0 Å². The van der Waals surface area contributed by atoms with Gasteiger partial charge in [-0.05, 0) is 19.9 Å². The van der Waals surface area contributed by atoms with E-state index in [0.29, 0.717) is 12.5 Å². The monoisotopic (exact) mass is 238 g/mol. The van der Waals surface area contributed by atoms with Crippen molar-refractivity contribution in [1.82, 2.24) is 15.1 Å². The lowest BCUT2D eigenvalue weighted by Crippen LogP contribution is -2.38. The molecule has 0 saturated heterocycles. The number of hydrogen-bond donors (Lipinski definition) is 1. The van der Waals surface area contributed by atoms with Crippen LogP contribution < -0.4 is 10.5 Å². The topological polar surface area (TPSA) is 81.3 Å². The van der Waals surface area contributed by atoms with Crippen LogP contribution in [0.15, 0.2) is 12.1 Å². The molecule has 0 unspecified atom stereocenters. The average molecular weight is 238 g/mol. The van der Waals surface area contributed by atoms with Crippen molar-refractivity contribution in [3.8, 4) is 5.88 Å². The minimum Gasteiger partial charge on any atom is -0.475 e. The summed E-state index contributed by atoms with van der Waals surface area (Å²) in [5.74, 6) is 0.169. The Balaban J connectivity index is 2.66. The summed E-state index contributed by atoms with van der Waals surface area (Å²) in [7, 11) is 3.32. The number of nitrogens with zero attached hydrogens (tertiary/aromatic N) is 3. The van der Waals surface area contributed by atoms with Crippen molar-refractivity contribution in [1.29, 1.82) is 0 Å². The summed E-state index contributed by atoms with van der Waals surface area (Å²) in [6, 6.07) is 3.18. The van der Waals surface area contributed by atoms with Crippen LogP contribution in [0.25, 0.3) is 0 Å². The average Bonchev–Trinajstić information content (AvgIpc) is 2.25. The van der Waals surface area contributed by atoms with Gasteiger partial charge in [-0.2, -0.15) is 0 Å². The predicted molar refractivity (Wildman–Crippen MR) is 63.8 cm³/mol. The third-order valence-corrected chi connectivity index (χ3v) is 1.86. The lowest BCUT2D eigenvalue weighted by atomic mass is 10.1. The minimum absolute atomic E-state index is 0.191. The Morgan fingerprint density at radius 1 is 1.41 bits per heavy atom. The van der Waals surface area contributed by atoms with Crippen molar-refractivity contribution >= 4 is 5.91 Å². The largest absolute Gasteiger partial charge is 0.475 e. The van der Waals surface area contributed by atoms with Crippen LogP contribution in [0.2, 0.25) is 0 Å². The maximum Gasteiger partial charge on any atom is 0.273 e. The summed E-state index contributed by atoms with van der Waals surface area (Å²) in [5, 5.41) is 7.60. The second kappa shape index (κ2) is 5.09. The smallest absolute Gasteiger partial charge is 0.273 e. The standard InChI is InChI=1S/C11H18N4O2/c1-11(2,12)7-17-9-6-5-8(13-14-9)10(16)15(3)4/h5-6H,7,12H2,1-4H3. The number of aromatic nitrogens is 2. The number of carbonyl (C=O) groups excluding carboxylic acids is 1. The van der Waals surface area contributed by atoms with Gasteiger partial charge in [0.25, 0.3) is 5.91 Å². The first-order chi connectivity index (χ1) is 7.79. The fraction of sp³-hybridized carbons (Fsp3) is 0.545. The maximum atomic E-state index is 11.5. The number of carbonyl (C=O) groups is 1. The molecule has 0 aromatic carbocycles. The zero-order valence-corrected chi connectivity index (χ0v) is 10.6. The minimum atomic E-state index is -0.431. The number of ether oxygens (including phenoxy) is 1. The van der Waals surface area contributed by atoms with E-state index in [-0.39, 0.29) is 11.6 Å². The molecule has 1 rings (SSSR count). The van der Waals surface area contributed by atoms with Gasteiger partial charge in [0.05, 0.1) is 0 Å². The molecular formula is C11H18N4O2. The molecule has 2 N–H and O–H groups in total. The van der Waals surface area contributed by atoms with E-state index in [1.54, 1.807) is 26.2 Å². The van der Waals surface area contributed by atoms with Gasteiger partial charge in [0.1, 0.15) is 6.61 Å². The molecule has 0 spiro atoms. The third kappa shape index (κ3) is 4.36. The van der Waals surface area contributed by atoms with E-state index in [9.17, 15) is 4.79 Å². The molecule has 0 atom stereocenters. The summed E-state index contributed by atoms with van der Waals surface area (Å²) < 4.78 is 5.34. The maximum absolute atomic E-state index is 11.5. The van der Waals surface area contributed by atoms with E-state index in [2.05, 4.69) is 10.2 Å². The highest BCUT2D eigenvalue weighted by molar-refractivity contribution is 5.91. The highest BCUT2D eigenvalue weighted by Gasteiger charge is 2.13. The highest BCUT2D eigenvalue weighted by Crippen LogP contribution is 2.08. The summed E-state index contributed by atoms with van der Waals surface area (Å²) >= 11 is 0. The Bertz CT molecular complexity index is 381. The number of nitrogens with two attached hydrogens (primary N) is 1. The second-order valence-corrected chi connectivity index (χ2v) is 4.73. The van der Waals surface area contributed by atoms with Gasteiger partial charge in [-0.15, -0.1) is 10.2 Å². The first-order valence-electron chi connectivity index (χ1n) is 5.27. The Labute approximate surface area is 101 Å². The molecule has 0 bridgehead atoms. The molecule has 94 valence electrons. The molecule has 0 saturated carbocycles. The van der Waals surface area contributed by atoms with Gasteiger partial charge in [-0.25, -0.2) is 0 Å². The Kier molecular flexibility index (Phi) is 4.01. The van der Waals surface area contributed by atoms with Crippen LogP contribution in [0.3, 0.4) is 0 Å². The van der Waals surface area contributed by atoms with Gasteiger partial charge in [0, 0.05) is 25.7 Å². The van der Waals surface area contributed by atoms with Crippen molar-refractivity contribution in [2.75, 3.05) is 20.7 Å². The summed E-state index contributed by atoms with van der Waals surface area (Å²) in [4.78, 5) is 13.0. The van der Waals surface area contributed by atoms with E-state index in [1.807, 2.05) is 13.8 Å². The van der Waals surface area contributed by atoms with Gasteiger partial charge in [-0.3, -0.25) is 4.79 Å². The third-order valence-electron chi connectivity index (χ3n) is 1.86. The number of rotatable bonds is 4. The molecule has 0 aliphatic carbocycles. The van der Waals surface area contributed by atoms with Crippen LogP contribution in [-0.2, 0) is 0 Å². The summed E-state index contributed by atoms with van der Waals surface area (Å²) in [6.07, 6.45) is 0. The van der Waals surface area contributed by atoms with Crippen LogP contribution in [0, 0.1) is 0 Å². The number of amides is 1. The molecule has 6 heteroatoms. The summed E-state index contributed by atoms with van der Waals surface area (Å²) in [5.41, 5.74) is 5.62. The van der Waals surface area contributed by atoms with Crippen LogP contribution in [-0.4, -0.2) is 47.2 Å². The van der Waals surface area contributed by atoms with Crippen molar-refractivity contribution in [3.63, 3.8) is 0 Å². The quantitative estimate of drug-likeness (QED) is 0.815. The molecular weight excluding hydrogens is 220 g/mol. The van der Waals surface area contributed by atoms with Crippen LogP contribution >= 0.6 is 0 Å². The normalized spacial score (nSPS) is 11.1. The molecule has 1 aromatic rings. The molecule has 1 aromatic heterocycles. The molecule has 1 heterocycles. The first kappa shape index (κ1) is 13.4. The number of hydrogen-bond acceptors (Lipinski definition) is 5. The van der Waals surface area contributed by atoms with Gasteiger partial charge in [0.2, 0.25) is 5.88 Å². The fourth-order valence-corrected chi connectivity index (χ4v) is 1.00. The molecule has 0 aliphatic rings. The Hall–Kier alpha value is -1.69. The summed E-state index contributed by atoms with van der Waals surface area (Å²) in [6.45, 7) is 4.04. The van der Waals surface area contributed by atoms with Gasteiger partial charge < -0.3 is 15.4 Å². The zero-order valence-electron chi connectivity index (χ0n) is 10.6. The molecule has 1 amide bonds. The van der Waals surface area contributed by atoms with Crippen LogP contribution in [0.5, 0.6) is 5.88 Å². The first-order valence-corrected chi connectivity index (χ1v) is 5.27. The fourth-order valence-electron chi connectivity index (χ4n) is 1.00. The van der Waals surface area contributed by atoms with Crippen molar-refractivity contribution in [2.45, 2.75) is 19.4 Å². The lowest BCUT2D eigenvalue weighted by Gasteiger charge is -2.18. The Morgan fingerprint density at radius 3 is 2.47 bits per heavy atom. The zero-order chi connectivity index (χ0) is 13.1. The van der Waals surface area contributed by atoms with Gasteiger partial charge in [0.15, 0.2) is 5.69 Å². The van der Waals surface area contributed by atoms with Crippen molar-refractivity contribution in [3.05, 3.63) is 17.8 Å².